The first-order chi connectivity index (χ1) is 9.71. The van der Waals surface area contributed by atoms with Gasteiger partial charge in [0.1, 0.15) is 5.75 Å². The number of rotatable bonds is 6. The van der Waals surface area contributed by atoms with E-state index in [2.05, 4.69) is 26.0 Å². The van der Waals surface area contributed by atoms with E-state index >= 15 is 0 Å². The van der Waals surface area contributed by atoms with Gasteiger partial charge in [0.15, 0.2) is 0 Å². The lowest BCUT2D eigenvalue weighted by molar-refractivity contribution is 0.139. The van der Waals surface area contributed by atoms with Crippen molar-refractivity contribution in [2.45, 2.75) is 39.2 Å². The number of hydrogen-bond acceptors (Lipinski definition) is 2. The van der Waals surface area contributed by atoms with E-state index in [1.807, 2.05) is 24.3 Å². The van der Waals surface area contributed by atoms with Crippen LogP contribution in [0.2, 0.25) is 0 Å². The average molecular weight is 272 g/mol. The fourth-order valence-electron chi connectivity index (χ4n) is 2.85. The highest BCUT2D eigenvalue weighted by molar-refractivity contribution is 5.88. The molecule has 0 radical (unpaired) electrons. The molecule has 108 valence electrons. The molecule has 0 bridgehead atoms. The Kier molecular flexibility index (Phi) is 5.02. The molecular weight excluding hydrogens is 248 g/mol. The molecule has 2 aromatic carbocycles. The first-order valence-corrected chi connectivity index (χ1v) is 7.44. The molecule has 0 saturated carbocycles. The van der Waals surface area contributed by atoms with Crippen molar-refractivity contribution in [3.63, 3.8) is 0 Å². The summed E-state index contributed by atoms with van der Waals surface area (Å²) in [6.45, 7) is 4.36. The van der Waals surface area contributed by atoms with Crippen LogP contribution >= 0.6 is 0 Å². The summed E-state index contributed by atoms with van der Waals surface area (Å²) < 4.78 is 5.46. The van der Waals surface area contributed by atoms with Gasteiger partial charge in [-0.15, -0.1) is 0 Å². The molecule has 0 aromatic heterocycles. The summed E-state index contributed by atoms with van der Waals surface area (Å²) in [5, 5.41) is 12.9. The zero-order valence-corrected chi connectivity index (χ0v) is 12.6. The monoisotopic (exact) mass is 272 g/mol. The highest BCUT2D eigenvalue weighted by Crippen LogP contribution is 2.36. The zero-order valence-electron chi connectivity index (χ0n) is 12.6. The Bertz CT molecular complexity index is 558. The molecule has 0 fully saturated rings. The smallest absolute Gasteiger partial charge is 0.125 e. The van der Waals surface area contributed by atoms with E-state index in [4.69, 9.17) is 4.74 Å². The molecule has 0 saturated heterocycles. The Morgan fingerprint density at radius 3 is 2.40 bits per heavy atom. The molecule has 1 unspecified atom stereocenters. The minimum atomic E-state index is -0.471. The normalized spacial score (nSPS) is 12.8. The lowest BCUT2D eigenvalue weighted by atomic mass is 9.90. The molecule has 1 atom stereocenters. The zero-order chi connectivity index (χ0) is 14.5. The van der Waals surface area contributed by atoms with E-state index in [0.29, 0.717) is 5.92 Å². The van der Waals surface area contributed by atoms with E-state index in [0.717, 1.165) is 41.3 Å². The molecule has 0 amide bonds. The highest BCUT2D eigenvalue weighted by atomic mass is 16.5. The molecule has 20 heavy (non-hydrogen) atoms. The summed E-state index contributed by atoms with van der Waals surface area (Å²) in [6, 6.07) is 12.2. The quantitative estimate of drug-likeness (QED) is 0.825. The number of fused-ring (bicyclic) bond motifs is 1. The van der Waals surface area contributed by atoms with Gasteiger partial charge in [-0.2, -0.15) is 0 Å². The van der Waals surface area contributed by atoms with E-state index in [1.165, 1.54) is 0 Å². The van der Waals surface area contributed by atoms with Crippen LogP contribution in [0.4, 0.5) is 0 Å². The van der Waals surface area contributed by atoms with Gasteiger partial charge in [-0.25, -0.2) is 0 Å². The van der Waals surface area contributed by atoms with Gasteiger partial charge < -0.3 is 9.84 Å². The van der Waals surface area contributed by atoms with Gasteiger partial charge in [0, 0.05) is 5.56 Å². The Hall–Kier alpha value is -1.54. The van der Waals surface area contributed by atoms with Crippen molar-refractivity contribution in [1.82, 2.24) is 0 Å². The first kappa shape index (κ1) is 14.9. The third-order valence-corrected chi connectivity index (χ3v) is 4.20. The molecule has 1 N–H and O–H groups in total. The Balaban J connectivity index is 2.44. The summed E-state index contributed by atoms with van der Waals surface area (Å²) in [6.07, 6.45) is 2.51. The molecule has 2 aromatic rings. The number of aliphatic hydroxyl groups is 1. The van der Waals surface area contributed by atoms with E-state index in [1.54, 1.807) is 7.11 Å². The molecule has 0 spiro atoms. The Labute approximate surface area is 121 Å². The van der Waals surface area contributed by atoms with Crippen molar-refractivity contribution < 1.29 is 9.84 Å². The van der Waals surface area contributed by atoms with Crippen molar-refractivity contribution in [2.24, 2.45) is 5.92 Å². The second-order valence-corrected chi connectivity index (χ2v) is 5.34. The third kappa shape index (κ3) is 2.96. The molecule has 2 heteroatoms. The van der Waals surface area contributed by atoms with Gasteiger partial charge in [0.25, 0.3) is 0 Å². The van der Waals surface area contributed by atoms with Crippen LogP contribution in [0.15, 0.2) is 36.4 Å². The second kappa shape index (κ2) is 6.76. The molecule has 2 rings (SSSR count). The van der Waals surface area contributed by atoms with Crippen LogP contribution in [-0.2, 0) is 0 Å². The van der Waals surface area contributed by atoms with Gasteiger partial charge in [0.2, 0.25) is 0 Å². The maximum Gasteiger partial charge on any atom is 0.125 e. The van der Waals surface area contributed by atoms with E-state index in [-0.39, 0.29) is 0 Å². The van der Waals surface area contributed by atoms with Gasteiger partial charge >= 0.3 is 0 Å². The first-order valence-electron chi connectivity index (χ1n) is 7.44. The van der Waals surface area contributed by atoms with Crippen molar-refractivity contribution in [3.8, 4) is 5.75 Å². The van der Waals surface area contributed by atoms with Gasteiger partial charge in [0.05, 0.1) is 13.2 Å². The van der Waals surface area contributed by atoms with Crippen LogP contribution in [-0.4, -0.2) is 12.2 Å². The third-order valence-electron chi connectivity index (χ3n) is 4.20. The summed E-state index contributed by atoms with van der Waals surface area (Å²) in [4.78, 5) is 0. The number of aliphatic hydroxyl groups excluding tert-OH is 1. The van der Waals surface area contributed by atoms with Crippen LogP contribution in [0.3, 0.4) is 0 Å². The topological polar surface area (TPSA) is 29.5 Å². The molecule has 0 heterocycles. The van der Waals surface area contributed by atoms with Gasteiger partial charge in [-0.1, -0.05) is 57.0 Å². The van der Waals surface area contributed by atoms with Crippen molar-refractivity contribution in [1.29, 1.82) is 0 Å². The minimum Gasteiger partial charge on any atom is -0.496 e. The SMILES string of the molecule is CCC(CC)CC(O)c1c(OC)ccc2ccccc12. The lowest BCUT2D eigenvalue weighted by Gasteiger charge is -2.21. The number of benzene rings is 2. The van der Waals surface area contributed by atoms with E-state index < -0.39 is 6.10 Å². The van der Waals surface area contributed by atoms with Gasteiger partial charge in [-0.05, 0) is 29.2 Å². The number of methoxy groups -OCH3 is 1. The van der Waals surface area contributed by atoms with Crippen LogP contribution in [0, 0.1) is 5.92 Å². The fourth-order valence-corrected chi connectivity index (χ4v) is 2.85. The van der Waals surface area contributed by atoms with Crippen LogP contribution in [0.1, 0.15) is 44.8 Å². The van der Waals surface area contributed by atoms with E-state index in [9.17, 15) is 5.11 Å². The summed E-state index contributed by atoms with van der Waals surface area (Å²) in [7, 11) is 1.66. The standard InChI is InChI=1S/C18H24O2/c1-4-13(5-2)12-16(19)18-15-9-7-6-8-14(15)10-11-17(18)20-3/h6-11,13,16,19H,4-5,12H2,1-3H3. The second-order valence-electron chi connectivity index (χ2n) is 5.34. The maximum absolute atomic E-state index is 10.7. The highest BCUT2D eigenvalue weighted by Gasteiger charge is 2.19. The molecular formula is C18H24O2. The molecule has 2 nitrogen and oxygen atoms in total. The lowest BCUT2D eigenvalue weighted by Crippen LogP contribution is -2.08. The number of ether oxygens (including phenoxy) is 1. The van der Waals surface area contributed by atoms with Crippen molar-refractivity contribution >= 4 is 10.8 Å². The number of hydrogen-bond donors (Lipinski definition) is 1. The maximum atomic E-state index is 10.7. The van der Waals surface area contributed by atoms with Crippen LogP contribution in [0.25, 0.3) is 10.8 Å². The van der Waals surface area contributed by atoms with Crippen molar-refractivity contribution in [2.75, 3.05) is 7.11 Å². The molecule has 0 aliphatic heterocycles. The molecule has 0 aliphatic rings. The Morgan fingerprint density at radius 1 is 1.05 bits per heavy atom. The predicted octanol–water partition coefficient (Wildman–Crippen LogP) is 4.71. The molecule has 0 aliphatic carbocycles. The summed E-state index contributed by atoms with van der Waals surface area (Å²) in [5.74, 6) is 1.33. The van der Waals surface area contributed by atoms with Crippen LogP contribution in [0.5, 0.6) is 5.75 Å². The van der Waals surface area contributed by atoms with Gasteiger partial charge in [-0.3, -0.25) is 0 Å². The van der Waals surface area contributed by atoms with Crippen LogP contribution < -0.4 is 4.74 Å². The minimum absolute atomic E-state index is 0.471. The summed E-state index contributed by atoms with van der Waals surface area (Å²) >= 11 is 0. The fraction of sp³-hybridized carbons (Fsp3) is 0.444. The average Bonchev–Trinajstić information content (AvgIpc) is 2.51. The predicted molar refractivity (Wildman–Crippen MR) is 84.1 cm³/mol. The Morgan fingerprint density at radius 2 is 1.75 bits per heavy atom. The summed E-state index contributed by atoms with van der Waals surface area (Å²) in [5.41, 5.74) is 0.928. The van der Waals surface area contributed by atoms with Crippen molar-refractivity contribution in [3.05, 3.63) is 42.0 Å². The largest absolute Gasteiger partial charge is 0.496 e.